The lowest BCUT2D eigenvalue weighted by atomic mass is 9.96. The van der Waals surface area contributed by atoms with Crippen LogP contribution >= 0.6 is 0 Å². The Morgan fingerprint density at radius 3 is 2.85 bits per heavy atom. The summed E-state index contributed by atoms with van der Waals surface area (Å²) in [5.74, 6) is 1.09. The lowest BCUT2D eigenvalue weighted by Crippen LogP contribution is -2.33. The van der Waals surface area contributed by atoms with Gasteiger partial charge in [-0.25, -0.2) is 0 Å². The van der Waals surface area contributed by atoms with Crippen molar-refractivity contribution in [2.24, 2.45) is 17.6 Å². The second kappa shape index (κ2) is 6.88. The lowest BCUT2D eigenvalue weighted by Gasteiger charge is -2.18. The highest BCUT2D eigenvalue weighted by atomic mass is 16.2. The number of hydrogen-bond donors (Lipinski definition) is 2. The van der Waals surface area contributed by atoms with Crippen LogP contribution < -0.4 is 11.1 Å². The summed E-state index contributed by atoms with van der Waals surface area (Å²) >= 11 is 0. The highest BCUT2D eigenvalue weighted by molar-refractivity contribution is 5.92. The van der Waals surface area contributed by atoms with Gasteiger partial charge < -0.3 is 11.1 Å². The molecule has 0 saturated heterocycles. The number of carbonyl (C=O) groups excluding carboxylic acids is 1. The molecule has 2 atom stereocenters. The van der Waals surface area contributed by atoms with E-state index in [2.05, 4.69) is 10.4 Å². The van der Waals surface area contributed by atoms with E-state index in [1.165, 1.54) is 19.3 Å². The Bertz CT molecular complexity index is 455. The van der Waals surface area contributed by atoms with Gasteiger partial charge in [-0.1, -0.05) is 13.3 Å². The van der Waals surface area contributed by atoms with Crippen LogP contribution in [0.4, 0.5) is 0 Å². The molecule has 1 amide bonds. The van der Waals surface area contributed by atoms with Crippen molar-refractivity contribution in [3.63, 3.8) is 0 Å². The lowest BCUT2D eigenvalue weighted by molar-refractivity contribution is 0.0933. The molecule has 1 saturated carbocycles. The average molecular weight is 278 g/mol. The van der Waals surface area contributed by atoms with Crippen molar-refractivity contribution in [1.29, 1.82) is 0 Å². The Kier molecular flexibility index (Phi) is 5.17. The SMILES string of the molecule is CCc1cc(C(=O)NCC2CCCC2CN)n(CC)n1. The van der Waals surface area contributed by atoms with E-state index < -0.39 is 0 Å². The minimum atomic E-state index is -0.0123. The summed E-state index contributed by atoms with van der Waals surface area (Å²) in [6.45, 7) is 6.24. The molecule has 0 aromatic carbocycles. The first-order valence-corrected chi connectivity index (χ1v) is 7.74. The van der Waals surface area contributed by atoms with Crippen LogP contribution in [0, 0.1) is 11.8 Å². The fourth-order valence-corrected chi connectivity index (χ4v) is 3.07. The quantitative estimate of drug-likeness (QED) is 0.829. The van der Waals surface area contributed by atoms with Crippen LogP contribution in [-0.4, -0.2) is 28.8 Å². The summed E-state index contributed by atoms with van der Waals surface area (Å²) < 4.78 is 1.78. The molecule has 1 aliphatic rings. The Morgan fingerprint density at radius 1 is 1.45 bits per heavy atom. The van der Waals surface area contributed by atoms with Gasteiger partial charge >= 0.3 is 0 Å². The summed E-state index contributed by atoms with van der Waals surface area (Å²) in [6, 6.07) is 1.90. The Morgan fingerprint density at radius 2 is 2.20 bits per heavy atom. The van der Waals surface area contributed by atoms with Crippen LogP contribution in [0.15, 0.2) is 6.07 Å². The second-order valence-corrected chi connectivity index (χ2v) is 5.59. The van der Waals surface area contributed by atoms with Crippen molar-refractivity contribution in [1.82, 2.24) is 15.1 Å². The molecule has 5 nitrogen and oxygen atoms in total. The molecular weight excluding hydrogens is 252 g/mol. The van der Waals surface area contributed by atoms with E-state index in [0.29, 0.717) is 17.5 Å². The van der Waals surface area contributed by atoms with E-state index >= 15 is 0 Å². The first-order chi connectivity index (χ1) is 9.69. The van der Waals surface area contributed by atoms with Crippen LogP contribution in [0.5, 0.6) is 0 Å². The molecule has 0 radical (unpaired) electrons. The number of aromatic nitrogens is 2. The molecule has 0 aliphatic heterocycles. The van der Waals surface area contributed by atoms with E-state index in [4.69, 9.17) is 5.73 Å². The maximum atomic E-state index is 12.3. The normalized spacial score (nSPS) is 22.1. The molecule has 1 aromatic heterocycles. The number of rotatable bonds is 6. The van der Waals surface area contributed by atoms with Crippen molar-refractivity contribution in [3.8, 4) is 0 Å². The topological polar surface area (TPSA) is 72.9 Å². The van der Waals surface area contributed by atoms with E-state index in [1.54, 1.807) is 4.68 Å². The summed E-state index contributed by atoms with van der Waals surface area (Å²) in [5.41, 5.74) is 7.42. The molecule has 2 rings (SSSR count). The smallest absolute Gasteiger partial charge is 0.269 e. The molecule has 0 spiro atoms. The number of nitrogens with zero attached hydrogens (tertiary/aromatic N) is 2. The molecule has 3 N–H and O–H groups in total. The predicted molar refractivity (Wildman–Crippen MR) is 79.5 cm³/mol. The van der Waals surface area contributed by atoms with Crippen molar-refractivity contribution in [2.45, 2.75) is 46.1 Å². The van der Waals surface area contributed by atoms with E-state index in [9.17, 15) is 4.79 Å². The molecule has 20 heavy (non-hydrogen) atoms. The van der Waals surface area contributed by atoms with Crippen molar-refractivity contribution in [2.75, 3.05) is 13.1 Å². The molecule has 2 unspecified atom stereocenters. The van der Waals surface area contributed by atoms with Gasteiger partial charge in [-0.2, -0.15) is 5.10 Å². The van der Waals surface area contributed by atoms with E-state index in [0.717, 1.165) is 31.7 Å². The van der Waals surface area contributed by atoms with Gasteiger partial charge in [-0.3, -0.25) is 9.48 Å². The zero-order valence-electron chi connectivity index (χ0n) is 12.6. The van der Waals surface area contributed by atoms with Crippen LogP contribution in [-0.2, 0) is 13.0 Å². The standard InChI is InChI=1S/C15H26N4O/c1-3-13-8-14(19(4-2)18-13)15(20)17-10-12-7-5-6-11(12)9-16/h8,11-12H,3-7,9-10,16H2,1-2H3,(H,17,20). The van der Waals surface area contributed by atoms with Gasteiger partial charge in [0.15, 0.2) is 0 Å². The van der Waals surface area contributed by atoms with Crippen LogP contribution in [0.3, 0.4) is 0 Å². The monoisotopic (exact) mass is 278 g/mol. The van der Waals surface area contributed by atoms with E-state index in [1.807, 2.05) is 19.9 Å². The molecule has 5 heteroatoms. The summed E-state index contributed by atoms with van der Waals surface area (Å²) in [5, 5.41) is 7.48. The fraction of sp³-hybridized carbons (Fsp3) is 0.733. The first kappa shape index (κ1) is 15.0. The van der Waals surface area contributed by atoms with Gasteiger partial charge in [0, 0.05) is 13.1 Å². The highest BCUT2D eigenvalue weighted by Crippen LogP contribution is 2.30. The Labute approximate surface area is 120 Å². The second-order valence-electron chi connectivity index (χ2n) is 5.59. The molecule has 112 valence electrons. The Hall–Kier alpha value is -1.36. The van der Waals surface area contributed by atoms with Gasteiger partial charge in [0.25, 0.3) is 5.91 Å². The van der Waals surface area contributed by atoms with Crippen molar-refractivity contribution >= 4 is 5.91 Å². The molecule has 1 heterocycles. The predicted octanol–water partition coefficient (Wildman–Crippen LogP) is 1.57. The van der Waals surface area contributed by atoms with Crippen LogP contribution in [0.1, 0.15) is 49.3 Å². The summed E-state index contributed by atoms with van der Waals surface area (Å²) in [6.07, 6.45) is 4.46. The summed E-state index contributed by atoms with van der Waals surface area (Å²) in [4.78, 5) is 12.3. The number of nitrogens with one attached hydrogen (secondary N) is 1. The zero-order chi connectivity index (χ0) is 14.5. The minimum absolute atomic E-state index is 0.0123. The third-order valence-corrected chi connectivity index (χ3v) is 4.37. The first-order valence-electron chi connectivity index (χ1n) is 7.74. The Balaban J connectivity index is 1.96. The number of amides is 1. The third-order valence-electron chi connectivity index (χ3n) is 4.37. The van der Waals surface area contributed by atoms with Gasteiger partial charge in [-0.15, -0.1) is 0 Å². The van der Waals surface area contributed by atoms with E-state index in [-0.39, 0.29) is 5.91 Å². The van der Waals surface area contributed by atoms with Crippen molar-refractivity contribution in [3.05, 3.63) is 17.5 Å². The van der Waals surface area contributed by atoms with Gasteiger partial charge in [0.2, 0.25) is 0 Å². The molecule has 1 aliphatic carbocycles. The molecular formula is C15H26N4O. The summed E-state index contributed by atoms with van der Waals surface area (Å²) in [7, 11) is 0. The van der Waals surface area contributed by atoms with Gasteiger partial charge in [0.1, 0.15) is 5.69 Å². The largest absolute Gasteiger partial charge is 0.350 e. The molecule has 1 aromatic rings. The average Bonchev–Trinajstić information content (AvgIpc) is 3.10. The maximum Gasteiger partial charge on any atom is 0.269 e. The molecule has 0 bridgehead atoms. The number of nitrogens with two attached hydrogens (primary N) is 1. The fourth-order valence-electron chi connectivity index (χ4n) is 3.07. The van der Waals surface area contributed by atoms with Gasteiger partial charge in [0.05, 0.1) is 5.69 Å². The molecule has 1 fully saturated rings. The van der Waals surface area contributed by atoms with Crippen LogP contribution in [0.25, 0.3) is 0 Å². The van der Waals surface area contributed by atoms with Gasteiger partial charge in [-0.05, 0) is 50.6 Å². The number of aryl methyl sites for hydroxylation is 2. The zero-order valence-corrected chi connectivity index (χ0v) is 12.6. The maximum absolute atomic E-state index is 12.3. The minimum Gasteiger partial charge on any atom is -0.350 e. The highest BCUT2D eigenvalue weighted by Gasteiger charge is 2.26. The van der Waals surface area contributed by atoms with Crippen LogP contribution in [0.2, 0.25) is 0 Å². The number of carbonyl (C=O) groups is 1. The third kappa shape index (κ3) is 3.20. The number of hydrogen-bond acceptors (Lipinski definition) is 3. The van der Waals surface area contributed by atoms with Crippen molar-refractivity contribution < 1.29 is 4.79 Å².